The monoisotopic (exact) mass is 291 g/mol. The number of carbonyl (C=O) groups is 1. The van der Waals surface area contributed by atoms with Gasteiger partial charge in [-0.25, -0.2) is 4.79 Å². The summed E-state index contributed by atoms with van der Waals surface area (Å²) in [6.07, 6.45) is 0. The zero-order chi connectivity index (χ0) is 14.4. The van der Waals surface area contributed by atoms with Crippen LogP contribution in [0.1, 0.15) is 17.3 Å². The van der Waals surface area contributed by atoms with Crippen LogP contribution in [0.5, 0.6) is 0 Å². The topological polar surface area (TPSA) is 64.1 Å². The van der Waals surface area contributed by atoms with E-state index in [9.17, 15) is 4.79 Å². The maximum atomic E-state index is 11.8. The summed E-state index contributed by atoms with van der Waals surface area (Å²) in [6, 6.07) is 12.2. The van der Waals surface area contributed by atoms with Gasteiger partial charge in [-0.2, -0.15) is 5.10 Å². The van der Waals surface area contributed by atoms with E-state index < -0.39 is 6.04 Å². The van der Waals surface area contributed by atoms with Crippen molar-refractivity contribution in [2.24, 2.45) is 0 Å². The predicted molar refractivity (Wildman–Crippen MR) is 75.1 cm³/mol. The Morgan fingerprint density at radius 1 is 1.25 bits per heavy atom. The fourth-order valence-corrected chi connectivity index (χ4v) is 1.85. The molecule has 0 aliphatic carbocycles. The number of hydrogen-bond donors (Lipinski definition) is 1. The highest BCUT2D eigenvalue weighted by Crippen LogP contribution is 2.14. The highest BCUT2D eigenvalue weighted by Gasteiger charge is 2.20. The summed E-state index contributed by atoms with van der Waals surface area (Å²) in [5, 5.41) is 11.1. The molecule has 0 fully saturated rings. The second-order valence-corrected chi connectivity index (χ2v) is 4.48. The van der Waals surface area contributed by atoms with Crippen molar-refractivity contribution in [2.45, 2.75) is 12.6 Å². The van der Waals surface area contributed by atoms with Crippen LogP contribution in [0.4, 0.5) is 0 Å². The number of nitrogens with zero attached hydrogens (tertiary/aromatic N) is 2. The Labute approximate surface area is 121 Å². The number of methoxy groups -OCH3 is 1. The zero-order valence-electron chi connectivity index (χ0n) is 10.9. The summed E-state index contributed by atoms with van der Waals surface area (Å²) >= 11 is 5.68. The average molecular weight is 292 g/mol. The molecule has 104 valence electrons. The van der Waals surface area contributed by atoms with Gasteiger partial charge in [-0.3, -0.25) is 5.32 Å². The molecule has 1 heterocycles. The molecule has 20 heavy (non-hydrogen) atoms. The lowest BCUT2D eigenvalue weighted by Crippen LogP contribution is -2.29. The Bertz CT molecular complexity index is 560. The van der Waals surface area contributed by atoms with Crippen molar-refractivity contribution in [3.63, 3.8) is 0 Å². The largest absolute Gasteiger partial charge is 0.468 e. The van der Waals surface area contributed by atoms with Gasteiger partial charge in [0.05, 0.1) is 12.8 Å². The van der Waals surface area contributed by atoms with Gasteiger partial charge in [0.2, 0.25) is 0 Å². The molecule has 1 N–H and O–H groups in total. The van der Waals surface area contributed by atoms with E-state index >= 15 is 0 Å². The molecular formula is C14H14ClN3O2. The van der Waals surface area contributed by atoms with Gasteiger partial charge in [0.25, 0.3) is 0 Å². The van der Waals surface area contributed by atoms with Crippen LogP contribution < -0.4 is 5.32 Å². The Balaban J connectivity index is 2.09. The number of benzene rings is 1. The van der Waals surface area contributed by atoms with E-state index in [0.717, 1.165) is 5.56 Å². The first-order chi connectivity index (χ1) is 9.70. The highest BCUT2D eigenvalue weighted by molar-refractivity contribution is 6.29. The minimum atomic E-state index is -0.543. The third-order valence-corrected chi connectivity index (χ3v) is 2.95. The quantitative estimate of drug-likeness (QED) is 0.855. The second-order valence-electron chi connectivity index (χ2n) is 4.10. The molecule has 0 bridgehead atoms. The first-order valence-corrected chi connectivity index (χ1v) is 6.43. The molecule has 5 nitrogen and oxygen atoms in total. The number of aromatic nitrogens is 2. The lowest BCUT2D eigenvalue weighted by molar-refractivity contribution is -0.143. The number of halogens is 1. The van der Waals surface area contributed by atoms with Crippen molar-refractivity contribution in [3.05, 3.63) is 58.9 Å². The average Bonchev–Trinajstić information content (AvgIpc) is 2.50. The zero-order valence-corrected chi connectivity index (χ0v) is 11.7. The molecule has 1 unspecified atom stereocenters. The Kier molecular flexibility index (Phi) is 5.03. The molecule has 1 aromatic heterocycles. The van der Waals surface area contributed by atoms with E-state index in [1.165, 1.54) is 7.11 Å². The molecule has 1 aromatic carbocycles. The molecule has 0 amide bonds. The van der Waals surface area contributed by atoms with E-state index in [1.807, 2.05) is 30.3 Å². The van der Waals surface area contributed by atoms with Crippen molar-refractivity contribution in [1.29, 1.82) is 0 Å². The number of esters is 1. The van der Waals surface area contributed by atoms with Gasteiger partial charge >= 0.3 is 5.97 Å². The number of carbonyl (C=O) groups excluding carboxylic acids is 1. The first-order valence-electron chi connectivity index (χ1n) is 6.05. The first kappa shape index (κ1) is 14.4. The van der Waals surface area contributed by atoms with Crippen molar-refractivity contribution in [2.75, 3.05) is 7.11 Å². The lowest BCUT2D eigenvalue weighted by Gasteiger charge is -2.16. The smallest absolute Gasteiger partial charge is 0.327 e. The Hall–Kier alpha value is -1.98. The minimum Gasteiger partial charge on any atom is -0.468 e. The summed E-state index contributed by atoms with van der Waals surface area (Å²) in [5.41, 5.74) is 1.53. The number of ether oxygens (including phenoxy) is 1. The summed E-state index contributed by atoms with van der Waals surface area (Å²) in [4.78, 5) is 11.8. The molecule has 2 rings (SSSR count). The fourth-order valence-electron chi connectivity index (χ4n) is 1.75. The molecule has 0 spiro atoms. The molecule has 0 aliphatic heterocycles. The maximum Gasteiger partial charge on any atom is 0.327 e. The predicted octanol–water partition coefficient (Wildman–Crippen LogP) is 2.13. The van der Waals surface area contributed by atoms with Crippen molar-refractivity contribution >= 4 is 17.6 Å². The van der Waals surface area contributed by atoms with Crippen LogP contribution in [-0.4, -0.2) is 23.3 Å². The molecule has 0 saturated carbocycles. The molecule has 1 atom stereocenters. The molecule has 6 heteroatoms. The number of hydrogen-bond acceptors (Lipinski definition) is 5. The summed E-state index contributed by atoms with van der Waals surface area (Å²) in [7, 11) is 1.36. The van der Waals surface area contributed by atoms with Gasteiger partial charge in [0.1, 0.15) is 6.04 Å². The summed E-state index contributed by atoms with van der Waals surface area (Å²) in [6.45, 7) is 0.388. The van der Waals surface area contributed by atoms with Gasteiger partial charge < -0.3 is 4.74 Å². The van der Waals surface area contributed by atoms with Gasteiger partial charge in [-0.1, -0.05) is 41.9 Å². The van der Waals surface area contributed by atoms with Gasteiger partial charge in [-0.15, -0.1) is 5.10 Å². The van der Waals surface area contributed by atoms with Gasteiger partial charge in [0.15, 0.2) is 5.15 Å². The molecule has 2 aromatic rings. The Morgan fingerprint density at radius 3 is 2.60 bits per heavy atom. The van der Waals surface area contributed by atoms with E-state index in [2.05, 4.69) is 15.5 Å². The highest BCUT2D eigenvalue weighted by atomic mass is 35.5. The van der Waals surface area contributed by atoms with E-state index in [0.29, 0.717) is 17.4 Å². The van der Waals surface area contributed by atoms with Crippen LogP contribution in [0, 0.1) is 0 Å². The third-order valence-electron chi connectivity index (χ3n) is 2.74. The molecule has 0 saturated heterocycles. The van der Waals surface area contributed by atoms with Crippen molar-refractivity contribution < 1.29 is 9.53 Å². The van der Waals surface area contributed by atoms with Crippen molar-refractivity contribution in [1.82, 2.24) is 15.5 Å². The van der Waals surface area contributed by atoms with Crippen LogP contribution in [-0.2, 0) is 16.1 Å². The van der Waals surface area contributed by atoms with E-state index in [4.69, 9.17) is 16.3 Å². The van der Waals surface area contributed by atoms with Crippen LogP contribution >= 0.6 is 11.6 Å². The van der Waals surface area contributed by atoms with Crippen LogP contribution in [0.2, 0.25) is 5.15 Å². The Morgan fingerprint density at radius 2 is 2.00 bits per heavy atom. The fraction of sp³-hybridized carbons (Fsp3) is 0.214. The van der Waals surface area contributed by atoms with Crippen LogP contribution in [0.15, 0.2) is 42.5 Å². The van der Waals surface area contributed by atoms with E-state index in [-0.39, 0.29) is 5.97 Å². The maximum absolute atomic E-state index is 11.8. The van der Waals surface area contributed by atoms with Crippen LogP contribution in [0.3, 0.4) is 0 Å². The molecule has 0 radical (unpaired) electrons. The summed E-state index contributed by atoms with van der Waals surface area (Å²) < 4.78 is 4.82. The minimum absolute atomic E-state index is 0.335. The van der Waals surface area contributed by atoms with Crippen molar-refractivity contribution in [3.8, 4) is 0 Å². The number of nitrogens with one attached hydrogen (secondary N) is 1. The second kappa shape index (κ2) is 6.98. The van der Waals surface area contributed by atoms with Gasteiger partial charge in [0, 0.05) is 6.54 Å². The third kappa shape index (κ3) is 3.76. The van der Waals surface area contributed by atoms with E-state index in [1.54, 1.807) is 12.1 Å². The molecular weight excluding hydrogens is 278 g/mol. The molecule has 0 aliphatic rings. The summed E-state index contributed by atoms with van der Waals surface area (Å²) in [5.74, 6) is -0.349. The van der Waals surface area contributed by atoms with Crippen LogP contribution in [0.25, 0.3) is 0 Å². The lowest BCUT2D eigenvalue weighted by atomic mass is 10.1. The number of rotatable bonds is 5. The standard InChI is InChI=1S/C14H14ClN3O2/c1-20-14(19)13(10-5-3-2-4-6-10)16-9-11-7-8-12(15)18-17-11/h2-8,13,16H,9H2,1H3. The normalized spacial score (nSPS) is 11.9. The SMILES string of the molecule is COC(=O)C(NCc1ccc(Cl)nn1)c1ccccc1. The van der Waals surface area contributed by atoms with Gasteiger partial charge in [-0.05, 0) is 17.7 Å².